The second kappa shape index (κ2) is 4.08. The Bertz CT molecular complexity index is 269. The van der Waals surface area contributed by atoms with Gasteiger partial charge in [-0.3, -0.25) is 4.90 Å². The van der Waals surface area contributed by atoms with Crippen molar-refractivity contribution in [1.82, 2.24) is 4.90 Å². The largest absolute Gasteiger partial charge is 0.465 e. The van der Waals surface area contributed by atoms with Crippen molar-refractivity contribution in [3.05, 3.63) is 0 Å². The monoisotopic (exact) mass is 215 g/mol. The fourth-order valence-electron chi connectivity index (χ4n) is 1.61. The smallest absolute Gasteiger partial charge is 0.408 e. The third-order valence-electron chi connectivity index (χ3n) is 2.18. The van der Waals surface area contributed by atoms with Gasteiger partial charge in [-0.1, -0.05) is 0 Å². The minimum absolute atomic E-state index is 0.416. The number of rotatable bonds is 1. The highest BCUT2D eigenvalue weighted by molar-refractivity contribution is 5.81. The van der Waals surface area contributed by atoms with Crippen molar-refractivity contribution in [2.45, 2.75) is 45.3 Å². The maximum atomic E-state index is 11.6. The average molecular weight is 215 g/mol. The Kier molecular flexibility index (Phi) is 3.21. The summed E-state index contributed by atoms with van der Waals surface area (Å²) in [5.41, 5.74) is -0.566. The molecule has 0 aromatic carbocycles. The van der Waals surface area contributed by atoms with Crippen LogP contribution in [0.2, 0.25) is 0 Å². The van der Waals surface area contributed by atoms with E-state index < -0.39 is 23.7 Å². The third kappa shape index (κ3) is 3.11. The fraction of sp³-hybridized carbons (Fsp3) is 0.800. The lowest BCUT2D eigenvalue weighted by molar-refractivity contribution is -0.159. The zero-order valence-corrected chi connectivity index (χ0v) is 9.32. The molecule has 0 aliphatic carbocycles. The summed E-state index contributed by atoms with van der Waals surface area (Å²) in [6.45, 7) is 5.72. The minimum Gasteiger partial charge on any atom is -0.465 e. The summed E-state index contributed by atoms with van der Waals surface area (Å²) in [6.07, 6.45) is 0.223. The molecule has 86 valence electrons. The van der Waals surface area contributed by atoms with Crippen molar-refractivity contribution in [3.8, 4) is 0 Å². The van der Waals surface area contributed by atoms with Gasteiger partial charge in [0.15, 0.2) is 0 Å². The van der Waals surface area contributed by atoms with Crippen LogP contribution in [0.1, 0.15) is 33.6 Å². The normalized spacial score (nSPS) is 21.5. The molecular weight excluding hydrogens is 198 g/mol. The molecule has 5 nitrogen and oxygen atoms in total. The Labute approximate surface area is 89.0 Å². The number of hydrogen-bond donors (Lipinski definition) is 1. The number of amides is 1. The van der Waals surface area contributed by atoms with Gasteiger partial charge in [-0.25, -0.2) is 9.59 Å². The zero-order chi connectivity index (χ0) is 11.6. The first kappa shape index (κ1) is 11.8. The minimum atomic E-state index is -1.05. The SMILES string of the molecule is CC(C)(C)OC(=O)[C@H]1CCCN1C(=O)O. The summed E-state index contributed by atoms with van der Waals surface area (Å²) < 4.78 is 5.16. The van der Waals surface area contributed by atoms with E-state index in [2.05, 4.69) is 0 Å². The number of ether oxygens (including phenoxy) is 1. The number of carbonyl (C=O) groups excluding carboxylic acids is 1. The molecule has 0 spiro atoms. The molecule has 0 radical (unpaired) electrons. The Balaban J connectivity index is 2.63. The van der Waals surface area contributed by atoms with Gasteiger partial charge < -0.3 is 9.84 Å². The predicted molar refractivity (Wildman–Crippen MR) is 53.6 cm³/mol. The van der Waals surface area contributed by atoms with Crippen molar-refractivity contribution in [1.29, 1.82) is 0 Å². The summed E-state index contributed by atoms with van der Waals surface area (Å²) >= 11 is 0. The maximum absolute atomic E-state index is 11.6. The van der Waals surface area contributed by atoms with E-state index in [0.29, 0.717) is 13.0 Å². The van der Waals surface area contributed by atoms with Crippen LogP contribution < -0.4 is 0 Å². The fourth-order valence-corrected chi connectivity index (χ4v) is 1.61. The molecule has 1 aliphatic heterocycles. The first-order valence-electron chi connectivity index (χ1n) is 5.04. The van der Waals surface area contributed by atoms with Crippen LogP contribution in [-0.2, 0) is 9.53 Å². The third-order valence-corrected chi connectivity index (χ3v) is 2.18. The molecular formula is C10H17NO4. The van der Waals surface area contributed by atoms with Crippen molar-refractivity contribution < 1.29 is 19.4 Å². The Morgan fingerprint density at radius 3 is 2.47 bits per heavy atom. The van der Waals surface area contributed by atoms with Crippen molar-refractivity contribution in [2.75, 3.05) is 6.54 Å². The Morgan fingerprint density at radius 1 is 1.40 bits per heavy atom. The van der Waals surface area contributed by atoms with E-state index in [9.17, 15) is 9.59 Å². The molecule has 0 aromatic rings. The van der Waals surface area contributed by atoms with Crippen LogP contribution in [-0.4, -0.2) is 40.3 Å². The lowest BCUT2D eigenvalue weighted by Gasteiger charge is -2.25. The second-order valence-electron chi connectivity index (χ2n) is 4.67. The molecule has 1 amide bonds. The highest BCUT2D eigenvalue weighted by atomic mass is 16.6. The van der Waals surface area contributed by atoms with Crippen LogP contribution in [0.25, 0.3) is 0 Å². The number of carboxylic acid groups (broad SMARTS) is 1. The summed E-state index contributed by atoms with van der Waals surface area (Å²) in [4.78, 5) is 23.6. The van der Waals surface area contributed by atoms with Gasteiger partial charge in [0, 0.05) is 6.54 Å². The van der Waals surface area contributed by atoms with Crippen LogP contribution >= 0.6 is 0 Å². The van der Waals surface area contributed by atoms with Crippen molar-refractivity contribution in [3.63, 3.8) is 0 Å². The van der Waals surface area contributed by atoms with Crippen LogP contribution in [0.15, 0.2) is 0 Å². The zero-order valence-electron chi connectivity index (χ0n) is 9.32. The van der Waals surface area contributed by atoms with E-state index in [-0.39, 0.29) is 0 Å². The van der Waals surface area contributed by atoms with Gasteiger partial charge in [-0.15, -0.1) is 0 Å². The van der Waals surface area contributed by atoms with Crippen LogP contribution in [0.5, 0.6) is 0 Å². The van der Waals surface area contributed by atoms with E-state index >= 15 is 0 Å². The number of nitrogens with zero attached hydrogens (tertiary/aromatic N) is 1. The quantitative estimate of drug-likeness (QED) is 0.672. The average Bonchev–Trinajstić information content (AvgIpc) is 2.47. The van der Waals surface area contributed by atoms with Crippen molar-refractivity contribution >= 4 is 12.1 Å². The van der Waals surface area contributed by atoms with E-state index in [0.717, 1.165) is 11.3 Å². The van der Waals surface area contributed by atoms with Gasteiger partial charge in [0.2, 0.25) is 0 Å². The lowest BCUT2D eigenvalue weighted by atomic mass is 10.1. The molecule has 15 heavy (non-hydrogen) atoms. The molecule has 1 N–H and O–H groups in total. The Hall–Kier alpha value is -1.26. The number of carbonyl (C=O) groups is 2. The van der Waals surface area contributed by atoms with Crippen LogP contribution in [0.3, 0.4) is 0 Å². The number of esters is 1. The first-order valence-corrected chi connectivity index (χ1v) is 5.04. The summed E-state index contributed by atoms with van der Waals surface area (Å²) in [5, 5.41) is 8.85. The summed E-state index contributed by atoms with van der Waals surface area (Å²) in [7, 11) is 0. The molecule has 1 rings (SSSR count). The molecule has 1 aliphatic rings. The first-order chi connectivity index (χ1) is 6.81. The summed E-state index contributed by atoms with van der Waals surface area (Å²) in [5.74, 6) is -0.442. The van der Waals surface area contributed by atoms with Crippen LogP contribution in [0.4, 0.5) is 4.79 Å². The van der Waals surface area contributed by atoms with E-state index in [1.807, 2.05) is 0 Å². The molecule has 1 heterocycles. The topological polar surface area (TPSA) is 66.8 Å². The standard InChI is InChI=1S/C10H17NO4/c1-10(2,3)15-8(12)7-5-4-6-11(7)9(13)14/h7H,4-6H2,1-3H3,(H,13,14)/t7-/m1/s1. The highest BCUT2D eigenvalue weighted by Crippen LogP contribution is 2.20. The van der Waals surface area contributed by atoms with Gasteiger partial charge in [-0.05, 0) is 33.6 Å². The van der Waals surface area contributed by atoms with E-state index in [1.54, 1.807) is 20.8 Å². The molecule has 0 bridgehead atoms. The molecule has 0 saturated carbocycles. The maximum Gasteiger partial charge on any atom is 0.408 e. The lowest BCUT2D eigenvalue weighted by Crippen LogP contribution is -2.42. The highest BCUT2D eigenvalue weighted by Gasteiger charge is 2.36. The van der Waals surface area contributed by atoms with Gasteiger partial charge in [0.05, 0.1) is 0 Å². The molecule has 0 unspecified atom stereocenters. The Morgan fingerprint density at radius 2 is 2.00 bits per heavy atom. The molecule has 1 fully saturated rings. The molecule has 1 atom stereocenters. The van der Waals surface area contributed by atoms with Crippen LogP contribution in [0, 0.1) is 0 Å². The number of hydrogen-bond acceptors (Lipinski definition) is 3. The van der Waals surface area contributed by atoms with Gasteiger partial charge >= 0.3 is 12.1 Å². The van der Waals surface area contributed by atoms with Gasteiger partial charge in [0.1, 0.15) is 11.6 Å². The van der Waals surface area contributed by atoms with Gasteiger partial charge in [0.25, 0.3) is 0 Å². The molecule has 0 aromatic heterocycles. The second-order valence-corrected chi connectivity index (χ2v) is 4.67. The van der Waals surface area contributed by atoms with E-state index in [1.165, 1.54) is 0 Å². The van der Waals surface area contributed by atoms with E-state index in [4.69, 9.17) is 9.84 Å². The summed E-state index contributed by atoms with van der Waals surface area (Å²) in [6, 6.07) is -0.623. The molecule has 1 saturated heterocycles. The predicted octanol–water partition coefficient (Wildman–Crippen LogP) is 1.47. The van der Waals surface area contributed by atoms with Crippen molar-refractivity contribution in [2.24, 2.45) is 0 Å². The number of likely N-dealkylation sites (tertiary alicyclic amines) is 1. The molecule has 5 heteroatoms. The van der Waals surface area contributed by atoms with Gasteiger partial charge in [-0.2, -0.15) is 0 Å².